The summed E-state index contributed by atoms with van der Waals surface area (Å²) in [5.74, 6) is -0.401. The molecule has 73 valence electrons. The molecule has 0 N–H and O–H groups in total. The Kier molecular flexibility index (Phi) is 3.85. The van der Waals surface area contributed by atoms with Crippen LogP contribution in [0.5, 0.6) is 0 Å². The van der Waals surface area contributed by atoms with E-state index in [0.717, 1.165) is 0 Å². The summed E-state index contributed by atoms with van der Waals surface area (Å²) < 4.78 is 4.87. The van der Waals surface area contributed by atoms with Crippen molar-refractivity contribution in [1.82, 2.24) is 0 Å². The first kappa shape index (κ1) is 10.4. The maximum atomic E-state index is 11.0. The molecule has 1 rings (SSSR count). The SMILES string of the molecule is CCC(=O)OC([C]=O)c1ccccc1. The van der Waals surface area contributed by atoms with Gasteiger partial charge in [-0.1, -0.05) is 37.3 Å². The van der Waals surface area contributed by atoms with Crippen molar-refractivity contribution in [1.29, 1.82) is 0 Å². The fourth-order valence-corrected chi connectivity index (χ4v) is 1.00. The fraction of sp³-hybridized carbons (Fsp3) is 0.273. The second-order valence-corrected chi connectivity index (χ2v) is 2.75. The number of esters is 1. The van der Waals surface area contributed by atoms with Gasteiger partial charge in [0, 0.05) is 12.0 Å². The Morgan fingerprint density at radius 1 is 1.43 bits per heavy atom. The van der Waals surface area contributed by atoms with E-state index in [1.54, 1.807) is 37.5 Å². The highest BCUT2D eigenvalue weighted by atomic mass is 16.5. The lowest BCUT2D eigenvalue weighted by molar-refractivity contribution is -0.146. The molecule has 1 unspecified atom stereocenters. The van der Waals surface area contributed by atoms with E-state index in [0.29, 0.717) is 5.56 Å². The molecule has 0 amide bonds. The highest BCUT2D eigenvalue weighted by Gasteiger charge is 2.14. The van der Waals surface area contributed by atoms with Crippen molar-refractivity contribution in [2.24, 2.45) is 0 Å². The maximum Gasteiger partial charge on any atom is 0.306 e. The van der Waals surface area contributed by atoms with E-state index in [9.17, 15) is 9.59 Å². The van der Waals surface area contributed by atoms with Gasteiger partial charge in [0.2, 0.25) is 6.29 Å². The van der Waals surface area contributed by atoms with Crippen molar-refractivity contribution in [2.75, 3.05) is 0 Å². The topological polar surface area (TPSA) is 43.4 Å². The van der Waals surface area contributed by atoms with Gasteiger partial charge in [0.25, 0.3) is 0 Å². The van der Waals surface area contributed by atoms with Gasteiger partial charge in [-0.05, 0) is 0 Å². The zero-order valence-electron chi connectivity index (χ0n) is 7.90. The van der Waals surface area contributed by atoms with Crippen LogP contribution in [0.1, 0.15) is 25.0 Å². The Bertz CT molecular complexity index is 306. The van der Waals surface area contributed by atoms with Crippen molar-refractivity contribution in [3.63, 3.8) is 0 Å². The Hall–Kier alpha value is -1.64. The Balaban J connectivity index is 2.73. The lowest BCUT2D eigenvalue weighted by atomic mass is 10.1. The minimum absolute atomic E-state index is 0.255. The normalized spacial score (nSPS) is 11.8. The lowest BCUT2D eigenvalue weighted by Crippen LogP contribution is -2.11. The van der Waals surface area contributed by atoms with Crippen LogP contribution in [0.2, 0.25) is 0 Å². The zero-order valence-corrected chi connectivity index (χ0v) is 7.90. The monoisotopic (exact) mass is 191 g/mol. The van der Waals surface area contributed by atoms with Gasteiger partial charge in [0.1, 0.15) is 0 Å². The van der Waals surface area contributed by atoms with Crippen molar-refractivity contribution in [3.8, 4) is 0 Å². The first-order valence-electron chi connectivity index (χ1n) is 4.40. The standard InChI is InChI=1S/C11H11O3/c1-2-11(13)14-10(8-12)9-6-4-3-5-7-9/h3-7,10H,2H2,1H3. The molecule has 0 bridgehead atoms. The summed E-state index contributed by atoms with van der Waals surface area (Å²) in [5.41, 5.74) is 0.643. The van der Waals surface area contributed by atoms with Crippen LogP contribution < -0.4 is 0 Å². The highest BCUT2D eigenvalue weighted by molar-refractivity contribution is 5.73. The van der Waals surface area contributed by atoms with E-state index in [-0.39, 0.29) is 6.42 Å². The van der Waals surface area contributed by atoms with Gasteiger partial charge < -0.3 is 4.74 Å². The van der Waals surface area contributed by atoms with Gasteiger partial charge >= 0.3 is 5.97 Å². The van der Waals surface area contributed by atoms with Crippen LogP contribution in [0.3, 0.4) is 0 Å². The van der Waals surface area contributed by atoms with Crippen molar-refractivity contribution < 1.29 is 14.3 Å². The maximum absolute atomic E-state index is 11.0. The molecule has 1 atom stereocenters. The predicted octanol–water partition coefficient (Wildman–Crippen LogP) is 1.79. The molecule has 0 aliphatic heterocycles. The number of hydrogen-bond acceptors (Lipinski definition) is 3. The van der Waals surface area contributed by atoms with Crippen LogP contribution in [0.4, 0.5) is 0 Å². The first-order chi connectivity index (χ1) is 6.77. The van der Waals surface area contributed by atoms with E-state index in [2.05, 4.69) is 0 Å². The van der Waals surface area contributed by atoms with Crippen LogP contribution in [0.25, 0.3) is 0 Å². The van der Waals surface area contributed by atoms with Crippen molar-refractivity contribution in [3.05, 3.63) is 35.9 Å². The van der Waals surface area contributed by atoms with Crippen LogP contribution in [-0.4, -0.2) is 12.3 Å². The predicted molar refractivity (Wildman–Crippen MR) is 51.3 cm³/mol. The molecule has 3 heteroatoms. The first-order valence-corrected chi connectivity index (χ1v) is 4.40. The number of hydrogen-bond donors (Lipinski definition) is 0. The summed E-state index contributed by atoms with van der Waals surface area (Å²) >= 11 is 0. The minimum atomic E-state index is -0.899. The summed E-state index contributed by atoms with van der Waals surface area (Å²) in [6.07, 6.45) is 1.05. The van der Waals surface area contributed by atoms with E-state index < -0.39 is 12.1 Å². The Morgan fingerprint density at radius 2 is 2.07 bits per heavy atom. The molecule has 0 aliphatic carbocycles. The number of rotatable bonds is 4. The average Bonchev–Trinajstić information content (AvgIpc) is 2.26. The minimum Gasteiger partial charge on any atom is -0.449 e. The number of carbonyl (C=O) groups is 1. The summed E-state index contributed by atoms with van der Waals surface area (Å²) in [5, 5.41) is 0. The highest BCUT2D eigenvalue weighted by Crippen LogP contribution is 2.14. The molecule has 0 fully saturated rings. The molecule has 0 saturated heterocycles. The van der Waals surface area contributed by atoms with Gasteiger partial charge in [0.05, 0.1) is 0 Å². The molecule has 1 aromatic rings. The van der Waals surface area contributed by atoms with Crippen LogP contribution in [0, 0.1) is 0 Å². The smallest absolute Gasteiger partial charge is 0.306 e. The third-order valence-corrected chi connectivity index (χ3v) is 1.75. The van der Waals surface area contributed by atoms with Gasteiger partial charge in [-0.25, -0.2) is 0 Å². The number of benzene rings is 1. The summed E-state index contributed by atoms with van der Waals surface area (Å²) in [6.45, 7) is 1.68. The fourth-order valence-electron chi connectivity index (χ4n) is 1.00. The molecule has 1 radical (unpaired) electrons. The molecule has 0 saturated carbocycles. The number of ether oxygens (including phenoxy) is 1. The molecular weight excluding hydrogens is 180 g/mol. The van der Waals surface area contributed by atoms with Crippen LogP contribution >= 0.6 is 0 Å². The third kappa shape index (κ3) is 2.69. The van der Waals surface area contributed by atoms with E-state index in [1.807, 2.05) is 6.07 Å². The summed E-state index contributed by atoms with van der Waals surface area (Å²) in [7, 11) is 0. The van der Waals surface area contributed by atoms with E-state index in [4.69, 9.17) is 4.74 Å². The van der Waals surface area contributed by atoms with Crippen LogP contribution in [0.15, 0.2) is 30.3 Å². The Labute approximate surface area is 82.7 Å². The molecule has 3 nitrogen and oxygen atoms in total. The van der Waals surface area contributed by atoms with Gasteiger partial charge in [-0.2, -0.15) is 0 Å². The van der Waals surface area contributed by atoms with Crippen molar-refractivity contribution >= 4 is 12.3 Å². The van der Waals surface area contributed by atoms with Gasteiger partial charge in [0.15, 0.2) is 6.10 Å². The zero-order chi connectivity index (χ0) is 10.4. The van der Waals surface area contributed by atoms with Crippen LogP contribution in [-0.2, 0) is 14.3 Å². The van der Waals surface area contributed by atoms with Gasteiger partial charge in [-0.15, -0.1) is 0 Å². The van der Waals surface area contributed by atoms with E-state index >= 15 is 0 Å². The third-order valence-electron chi connectivity index (χ3n) is 1.75. The van der Waals surface area contributed by atoms with Gasteiger partial charge in [-0.3, -0.25) is 9.59 Å². The molecule has 0 spiro atoms. The summed E-state index contributed by atoms with van der Waals surface area (Å²) in [4.78, 5) is 21.5. The van der Waals surface area contributed by atoms with Crippen molar-refractivity contribution in [2.45, 2.75) is 19.4 Å². The second-order valence-electron chi connectivity index (χ2n) is 2.75. The quantitative estimate of drug-likeness (QED) is 0.681. The largest absolute Gasteiger partial charge is 0.449 e. The molecule has 0 aliphatic rings. The lowest BCUT2D eigenvalue weighted by Gasteiger charge is -2.10. The Morgan fingerprint density at radius 3 is 2.57 bits per heavy atom. The summed E-state index contributed by atoms with van der Waals surface area (Å²) in [6, 6.07) is 8.82. The number of carbonyl (C=O) groups excluding carboxylic acids is 2. The molecule has 1 aromatic carbocycles. The van der Waals surface area contributed by atoms with E-state index in [1.165, 1.54) is 0 Å². The second kappa shape index (κ2) is 5.17. The molecule has 14 heavy (non-hydrogen) atoms. The average molecular weight is 191 g/mol. The molecule has 0 aromatic heterocycles. The molecule has 0 heterocycles. The molecular formula is C11H11O3.